The number of halogens is 3. The zero-order valence-electron chi connectivity index (χ0n) is 20.8. The van der Waals surface area contributed by atoms with Gasteiger partial charge in [-0.05, 0) is 54.6 Å². The normalized spacial score (nSPS) is 11.6. The zero-order valence-corrected chi connectivity index (χ0v) is 21.6. The molecule has 2 amide bonds. The van der Waals surface area contributed by atoms with Crippen LogP contribution in [0.4, 0.5) is 19.4 Å². The first-order valence-electron chi connectivity index (χ1n) is 11.8. The van der Waals surface area contributed by atoms with Crippen LogP contribution in [-0.4, -0.2) is 47.2 Å². The Bertz CT molecular complexity index is 1310. The molecule has 1 heterocycles. The molecular formula is C26H27ClF2N4O5. The topological polar surface area (TPSA) is 110 Å². The SMILES string of the molecule is CCOC(=O)CC[C@@H](COC(=O)Nc1cc2cc(F)ccc2cn1)N(NCc1cccc(F)c1Cl)C(C)=O. The second-order valence-corrected chi connectivity index (χ2v) is 8.60. The number of hydrazine groups is 1. The van der Waals surface area contributed by atoms with Gasteiger partial charge in [0.2, 0.25) is 5.91 Å². The van der Waals surface area contributed by atoms with E-state index in [0.717, 1.165) is 0 Å². The van der Waals surface area contributed by atoms with Gasteiger partial charge in [0.1, 0.15) is 24.1 Å². The second kappa shape index (κ2) is 13.6. The molecule has 2 N–H and O–H groups in total. The van der Waals surface area contributed by atoms with E-state index in [1.54, 1.807) is 19.1 Å². The number of amides is 2. The van der Waals surface area contributed by atoms with Crippen molar-refractivity contribution in [3.63, 3.8) is 0 Å². The Hall–Kier alpha value is -3.83. The van der Waals surface area contributed by atoms with Gasteiger partial charge in [0, 0.05) is 31.5 Å². The van der Waals surface area contributed by atoms with Crippen molar-refractivity contribution in [3.05, 3.63) is 70.9 Å². The van der Waals surface area contributed by atoms with Gasteiger partial charge in [0.05, 0.1) is 17.7 Å². The molecule has 0 aliphatic heterocycles. The Morgan fingerprint density at radius 3 is 2.63 bits per heavy atom. The number of rotatable bonds is 11. The summed E-state index contributed by atoms with van der Waals surface area (Å²) in [6.45, 7) is 2.85. The Kier molecular flexibility index (Phi) is 10.3. The van der Waals surface area contributed by atoms with Crippen molar-refractivity contribution in [2.75, 3.05) is 18.5 Å². The van der Waals surface area contributed by atoms with Gasteiger partial charge in [0.15, 0.2) is 0 Å². The predicted molar refractivity (Wildman–Crippen MR) is 137 cm³/mol. The van der Waals surface area contributed by atoms with Crippen molar-refractivity contribution < 1.29 is 32.6 Å². The van der Waals surface area contributed by atoms with Crippen LogP contribution in [0.5, 0.6) is 0 Å². The molecule has 0 aliphatic rings. The van der Waals surface area contributed by atoms with Gasteiger partial charge in [-0.2, -0.15) is 0 Å². The van der Waals surface area contributed by atoms with E-state index in [9.17, 15) is 23.2 Å². The van der Waals surface area contributed by atoms with E-state index in [0.29, 0.717) is 16.3 Å². The summed E-state index contributed by atoms with van der Waals surface area (Å²) in [6, 6.07) is 9.17. The van der Waals surface area contributed by atoms with E-state index in [4.69, 9.17) is 21.1 Å². The summed E-state index contributed by atoms with van der Waals surface area (Å²) in [4.78, 5) is 41.0. The van der Waals surface area contributed by atoms with E-state index in [1.807, 2.05) is 0 Å². The molecule has 0 spiro atoms. The fourth-order valence-corrected chi connectivity index (χ4v) is 3.84. The maximum atomic E-state index is 13.8. The van der Waals surface area contributed by atoms with Crippen LogP contribution in [0.15, 0.2) is 48.7 Å². The highest BCUT2D eigenvalue weighted by atomic mass is 35.5. The Labute approximate surface area is 223 Å². The number of hydrogen-bond donors (Lipinski definition) is 2. The summed E-state index contributed by atoms with van der Waals surface area (Å²) in [5.74, 6) is -1.82. The number of fused-ring (bicyclic) bond motifs is 1. The zero-order chi connectivity index (χ0) is 27.7. The smallest absolute Gasteiger partial charge is 0.412 e. The van der Waals surface area contributed by atoms with Gasteiger partial charge in [0.25, 0.3) is 0 Å². The second-order valence-electron chi connectivity index (χ2n) is 8.22. The summed E-state index contributed by atoms with van der Waals surface area (Å²) < 4.78 is 37.6. The van der Waals surface area contributed by atoms with Gasteiger partial charge < -0.3 is 9.47 Å². The van der Waals surface area contributed by atoms with Crippen molar-refractivity contribution in [3.8, 4) is 0 Å². The average Bonchev–Trinajstić information content (AvgIpc) is 2.87. The molecule has 0 radical (unpaired) electrons. The minimum atomic E-state index is -0.869. The average molecular weight is 549 g/mol. The maximum Gasteiger partial charge on any atom is 0.412 e. The first kappa shape index (κ1) is 28.7. The lowest BCUT2D eigenvalue weighted by atomic mass is 10.1. The number of esters is 1. The fourth-order valence-electron chi connectivity index (χ4n) is 3.65. The summed E-state index contributed by atoms with van der Waals surface area (Å²) in [5.41, 5.74) is 3.28. The molecule has 3 aromatic rings. The maximum absolute atomic E-state index is 13.8. The first-order chi connectivity index (χ1) is 18.2. The van der Waals surface area contributed by atoms with Crippen LogP contribution < -0.4 is 10.7 Å². The molecule has 0 saturated carbocycles. The van der Waals surface area contributed by atoms with E-state index < -0.39 is 35.6 Å². The highest BCUT2D eigenvalue weighted by Gasteiger charge is 2.25. The minimum Gasteiger partial charge on any atom is -0.466 e. The van der Waals surface area contributed by atoms with Crippen LogP contribution in [0, 0.1) is 11.6 Å². The quantitative estimate of drug-likeness (QED) is 0.257. The lowest BCUT2D eigenvalue weighted by molar-refractivity contribution is -0.145. The number of nitrogens with zero attached hydrogens (tertiary/aromatic N) is 2. The molecule has 1 atom stereocenters. The fraction of sp³-hybridized carbons (Fsp3) is 0.308. The monoisotopic (exact) mass is 548 g/mol. The van der Waals surface area contributed by atoms with Gasteiger partial charge in [-0.1, -0.05) is 23.7 Å². The van der Waals surface area contributed by atoms with Crippen LogP contribution in [-0.2, 0) is 25.6 Å². The lowest BCUT2D eigenvalue weighted by Crippen LogP contribution is -2.50. The van der Waals surface area contributed by atoms with Crippen LogP contribution >= 0.6 is 11.6 Å². The Balaban J connectivity index is 1.69. The Morgan fingerprint density at radius 1 is 1.11 bits per heavy atom. The molecule has 0 aliphatic carbocycles. The predicted octanol–water partition coefficient (Wildman–Crippen LogP) is 4.98. The highest BCUT2D eigenvalue weighted by Crippen LogP contribution is 2.20. The molecule has 9 nitrogen and oxygen atoms in total. The van der Waals surface area contributed by atoms with E-state index in [1.165, 1.54) is 48.5 Å². The summed E-state index contributed by atoms with van der Waals surface area (Å²) in [7, 11) is 0. The number of hydrogen-bond acceptors (Lipinski definition) is 7. The molecule has 2 aromatic carbocycles. The van der Waals surface area contributed by atoms with Crippen molar-refractivity contribution in [2.45, 2.75) is 39.3 Å². The largest absolute Gasteiger partial charge is 0.466 e. The number of nitrogens with one attached hydrogen (secondary N) is 2. The number of pyridine rings is 1. The molecular weight excluding hydrogens is 522 g/mol. The minimum absolute atomic E-state index is 0.00412. The third kappa shape index (κ3) is 8.09. The highest BCUT2D eigenvalue weighted by molar-refractivity contribution is 6.31. The lowest BCUT2D eigenvalue weighted by Gasteiger charge is -2.31. The summed E-state index contributed by atoms with van der Waals surface area (Å²) >= 11 is 6.01. The molecule has 12 heteroatoms. The van der Waals surface area contributed by atoms with E-state index >= 15 is 0 Å². The van der Waals surface area contributed by atoms with E-state index in [2.05, 4.69) is 15.7 Å². The number of anilines is 1. The summed E-state index contributed by atoms with van der Waals surface area (Å²) in [6.07, 6.45) is 0.660. The number of benzene rings is 2. The molecule has 0 bridgehead atoms. The van der Waals surface area contributed by atoms with E-state index in [-0.39, 0.29) is 43.4 Å². The van der Waals surface area contributed by atoms with Crippen molar-refractivity contribution in [2.24, 2.45) is 0 Å². The third-order valence-electron chi connectivity index (χ3n) is 5.48. The van der Waals surface area contributed by atoms with Crippen LogP contribution in [0.3, 0.4) is 0 Å². The Morgan fingerprint density at radius 2 is 1.89 bits per heavy atom. The van der Waals surface area contributed by atoms with Crippen molar-refractivity contribution >= 4 is 46.2 Å². The molecule has 0 saturated heterocycles. The van der Waals surface area contributed by atoms with Crippen LogP contribution in [0.2, 0.25) is 5.02 Å². The number of carbonyl (C=O) groups excluding carboxylic acids is 3. The van der Waals surface area contributed by atoms with Gasteiger partial charge in [-0.15, -0.1) is 0 Å². The molecule has 0 unspecified atom stereocenters. The first-order valence-corrected chi connectivity index (χ1v) is 12.2. The molecule has 202 valence electrons. The number of aromatic nitrogens is 1. The number of carbonyl (C=O) groups is 3. The molecule has 0 fully saturated rings. The van der Waals surface area contributed by atoms with Gasteiger partial charge >= 0.3 is 12.1 Å². The van der Waals surface area contributed by atoms with Crippen molar-refractivity contribution in [1.82, 2.24) is 15.4 Å². The number of ether oxygens (including phenoxy) is 2. The molecule has 38 heavy (non-hydrogen) atoms. The molecule has 1 aromatic heterocycles. The third-order valence-corrected chi connectivity index (χ3v) is 5.91. The standard InChI is InChI=1S/C26H27ClF2N4O5/c1-3-37-24(35)10-9-21(33(16(2)34)31-14-18-5-4-6-22(29)25(18)27)15-38-26(36)32-23-12-19-11-20(28)8-7-17(19)13-30-23/h4-8,11-13,21,31H,3,9-10,14-15H2,1-2H3,(H,30,32,36)/t21-/m0/s1. The van der Waals surface area contributed by atoms with Crippen LogP contribution in [0.1, 0.15) is 32.3 Å². The van der Waals surface area contributed by atoms with Crippen LogP contribution in [0.25, 0.3) is 10.8 Å². The van der Waals surface area contributed by atoms with Gasteiger partial charge in [-0.25, -0.2) is 24.0 Å². The van der Waals surface area contributed by atoms with Crippen molar-refractivity contribution in [1.29, 1.82) is 0 Å². The summed E-state index contributed by atoms with van der Waals surface area (Å²) in [5, 5.41) is 4.79. The van der Waals surface area contributed by atoms with Gasteiger partial charge in [-0.3, -0.25) is 19.9 Å². The molecule has 3 rings (SSSR count).